The first kappa shape index (κ1) is 12.0. The molecular formula is C11H20BrNO. The molecule has 0 aromatic heterocycles. The summed E-state index contributed by atoms with van der Waals surface area (Å²) in [5.41, 5.74) is 0.249. The zero-order valence-electron chi connectivity index (χ0n) is 9.27. The molecule has 1 N–H and O–H groups in total. The van der Waals surface area contributed by atoms with E-state index in [0.29, 0.717) is 6.04 Å². The van der Waals surface area contributed by atoms with E-state index in [0.717, 1.165) is 24.6 Å². The average Bonchev–Trinajstić information content (AvgIpc) is 2.72. The Kier molecular flexibility index (Phi) is 3.99. The number of nitrogens with one attached hydrogen (secondary N) is 1. The second-order valence-electron chi connectivity index (χ2n) is 4.99. The van der Waals surface area contributed by atoms with Crippen LogP contribution in [0.15, 0.2) is 0 Å². The molecule has 0 aliphatic heterocycles. The van der Waals surface area contributed by atoms with E-state index >= 15 is 0 Å². The van der Waals surface area contributed by atoms with Gasteiger partial charge in [0.1, 0.15) is 0 Å². The number of carbonyl (C=O) groups excluding carboxylic acids is 1. The smallest absolute Gasteiger partial charge is 0.223 e. The molecule has 1 aliphatic carbocycles. The summed E-state index contributed by atoms with van der Waals surface area (Å²) in [6.07, 6.45) is 3.23. The van der Waals surface area contributed by atoms with Gasteiger partial charge in [0, 0.05) is 17.3 Å². The summed E-state index contributed by atoms with van der Waals surface area (Å²) in [4.78, 5) is 11.7. The van der Waals surface area contributed by atoms with Crippen molar-refractivity contribution in [3.63, 3.8) is 0 Å². The van der Waals surface area contributed by atoms with Gasteiger partial charge in [0.2, 0.25) is 5.91 Å². The normalized spacial score (nSPS) is 25.6. The second kappa shape index (κ2) is 4.65. The lowest BCUT2D eigenvalue weighted by atomic mass is 10.1. The van der Waals surface area contributed by atoms with Crippen LogP contribution < -0.4 is 5.32 Å². The van der Waals surface area contributed by atoms with Gasteiger partial charge in [0.15, 0.2) is 0 Å². The number of alkyl halides is 1. The molecule has 0 saturated heterocycles. The van der Waals surface area contributed by atoms with Gasteiger partial charge in [-0.1, -0.05) is 29.8 Å². The van der Waals surface area contributed by atoms with Crippen LogP contribution in [0.3, 0.4) is 0 Å². The van der Waals surface area contributed by atoms with Crippen LogP contribution >= 0.6 is 15.9 Å². The molecular weight excluding hydrogens is 242 g/mol. The Hall–Kier alpha value is -0.0500. The van der Waals surface area contributed by atoms with Gasteiger partial charge < -0.3 is 5.32 Å². The maximum Gasteiger partial charge on any atom is 0.223 e. The second-order valence-corrected chi connectivity index (χ2v) is 5.78. The van der Waals surface area contributed by atoms with E-state index in [-0.39, 0.29) is 17.2 Å². The highest BCUT2D eigenvalue weighted by Gasteiger charge is 2.50. The number of amides is 1. The highest BCUT2D eigenvalue weighted by Crippen LogP contribution is 2.51. The SMILES string of the molecule is CC(CCCBr)NC(=O)C1CC1(C)C. The van der Waals surface area contributed by atoms with E-state index in [1.165, 1.54) is 0 Å². The third-order valence-corrected chi connectivity index (χ3v) is 3.55. The Balaban J connectivity index is 2.21. The minimum Gasteiger partial charge on any atom is -0.353 e. The quantitative estimate of drug-likeness (QED) is 0.758. The van der Waals surface area contributed by atoms with Gasteiger partial charge in [-0.3, -0.25) is 4.79 Å². The maximum absolute atomic E-state index is 11.7. The van der Waals surface area contributed by atoms with Crippen LogP contribution in [0.4, 0.5) is 0 Å². The van der Waals surface area contributed by atoms with E-state index in [2.05, 4.69) is 42.0 Å². The van der Waals surface area contributed by atoms with Gasteiger partial charge >= 0.3 is 0 Å². The summed E-state index contributed by atoms with van der Waals surface area (Å²) in [7, 11) is 0. The minimum absolute atomic E-state index is 0.247. The van der Waals surface area contributed by atoms with Crippen LogP contribution in [0.25, 0.3) is 0 Å². The Morgan fingerprint density at radius 3 is 2.64 bits per heavy atom. The number of carbonyl (C=O) groups is 1. The van der Waals surface area contributed by atoms with Crippen molar-refractivity contribution in [1.29, 1.82) is 0 Å². The molecule has 0 spiro atoms. The Morgan fingerprint density at radius 1 is 1.64 bits per heavy atom. The third kappa shape index (κ3) is 3.26. The van der Waals surface area contributed by atoms with Gasteiger partial charge in [-0.15, -0.1) is 0 Å². The highest BCUT2D eigenvalue weighted by molar-refractivity contribution is 9.09. The Morgan fingerprint density at radius 2 is 2.21 bits per heavy atom. The van der Waals surface area contributed by atoms with Crippen LogP contribution in [0, 0.1) is 11.3 Å². The van der Waals surface area contributed by atoms with Gasteiger partial charge in [0.25, 0.3) is 0 Å². The number of halogens is 1. The first-order valence-corrected chi connectivity index (χ1v) is 6.46. The highest BCUT2D eigenvalue weighted by atomic mass is 79.9. The molecule has 1 saturated carbocycles. The molecule has 0 aromatic carbocycles. The van der Waals surface area contributed by atoms with Gasteiger partial charge in [-0.05, 0) is 31.6 Å². The summed E-state index contributed by atoms with van der Waals surface area (Å²) in [5, 5.41) is 4.09. The Labute approximate surface area is 95.0 Å². The molecule has 2 nitrogen and oxygen atoms in total. The lowest BCUT2D eigenvalue weighted by Crippen LogP contribution is -2.34. The van der Waals surface area contributed by atoms with Crippen molar-refractivity contribution >= 4 is 21.8 Å². The average molecular weight is 262 g/mol. The predicted molar refractivity (Wildman–Crippen MR) is 62.5 cm³/mol. The van der Waals surface area contributed by atoms with Crippen molar-refractivity contribution in [1.82, 2.24) is 5.32 Å². The van der Waals surface area contributed by atoms with Crippen LogP contribution in [-0.4, -0.2) is 17.3 Å². The number of hydrogen-bond acceptors (Lipinski definition) is 1. The lowest BCUT2D eigenvalue weighted by molar-refractivity contribution is -0.123. The van der Waals surface area contributed by atoms with E-state index in [1.54, 1.807) is 0 Å². The fraction of sp³-hybridized carbons (Fsp3) is 0.909. The van der Waals surface area contributed by atoms with Gasteiger partial charge in [-0.25, -0.2) is 0 Å². The zero-order valence-corrected chi connectivity index (χ0v) is 10.9. The van der Waals surface area contributed by atoms with Gasteiger partial charge in [0.05, 0.1) is 0 Å². The van der Waals surface area contributed by atoms with E-state index < -0.39 is 0 Å². The minimum atomic E-state index is 0.247. The molecule has 0 heterocycles. The largest absolute Gasteiger partial charge is 0.353 e. The molecule has 3 heteroatoms. The summed E-state index contributed by atoms with van der Waals surface area (Å²) >= 11 is 3.39. The number of hydrogen-bond donors (Lipinski definition) is 1. The predicted octanol–water partition coefficient (Wildman–Crippen LogP) is 2.71. The summed E-state index contributed by atoms with van der Waals surface area (Å²) in [6.45, 7) is 6.39. The van der Waals surface area contributed by atoms with Crippen LogP contribution in [-0.2, 0) is 4.79 Å². The molecule has 1 aliphatic rings. The molecule has 1 amide bonds. The molecule has 0 radical (unpaired) electrons. The van der Waals surface area contributed by atoms with E-state index in [4.69, 9.17) is 0 Å². The molecule has 0 aromatic rings. The number of rotatable bonds is 5. The van der Waals surface area contributed by atoms with Crippen LogP contribution in [0.2, 0.25) is 0 Å². The summed E-state index contributed by atoms with van der Waals surface area (Å²) in [6, 6.07) is 0.316. The molecule has 0 bridgehead atoms. The maximum atomic E-state index is 11.7. The first-order chi connectivity index (χ1) is 6.47. The van der Waals surface area contributed by atoms with Gasteiger partial charge in [-0.2, -0.15) is 0 Å². The molecule has 2 atom stereocenters. The molecule has 1 fully saturated rings. The first-order valence-electron chi connectivity index (χ1n) is 5.33. The van der Waals surface area contributed by atoms with Crippen molar-refractivity contribution in [2.75, 3.05) is 5.33 Å². The third-order valence-electron chi connectivity index (χ3n) is 2.99. The van der Waals surface area contributed by atoms with Crippen LogP contribution in [0.1, 0.15) is 40.0 Å². The van der Waals surface area contributed by atoms with Crippen LogP contribution in [0.5, 0.6) is 0 Å². The summed E-state index contributed by atoms with van der Waals surface area (Å²) < 4.78 is 0. The lowest BCUT2D eigenvalue weighted by Gasteiger charge is -2.13. The van der Waals surface area contributed by atoms with Crippen molar-refractivity contribution < 1.29 is 4.79 Å². The Bertz CT molecular complexity index is 215. The molecule has 14 heavy (non-hydrogen) atoms. The van der Waals surface area contributed by atoms with E-state index in [9.17, 15) is 4.79 Å². The van der Waals surface area contributed by atoms with Crippen molar-refractivity contribution in [3.8, 4) is 0 Å². The summed E-state index contributed by atoms with van der Waals surface area (Å²) in [5.74, 6) is 0.506. The van der Waals surface area contributed by atoms with Crippen molar-refractivity contribution in [3.05, 3.63) is 0 Å². The fourth-order valence-electron chi connectivity index (χ4n) is 1.71. The molecule has 1 rings (SSSR count). The van der Waals surface area contributed by atoms with Crippen molar-refractivity contribution in [2.24, 2.45) is 11.3 Å². The van der Waals surface area contributed by atoms with E-state index in [1.807, 2.05) is 0 Å². The molecule has 2 unspecified atom stereocenters. The fourth-order valence-corrected chi connectivity index (χ4v) is 2.04. The standard InChI is InChI=1S/C11H20BrNO/c1-8(5-4-6-12)13-10(14)9-7-11(9,2)3/h8-9H,4-7H2,1-3H3,(H,13,14). The molecule has 82 valence electrons. The topological polar surface area (TPSA) is 29.1 Å². The zero-order chi connectivity index (χ0) is 10.8. The van der Waals surface area contributed by atoms with Crippen molar-refractivity contribution in [2.45, 2.75) is 46.1 Å². The monoisotopic (exact) mass is 261 g/mol.